The summed E-state index contributed by atoms with van der Waals surface area (Å²) in [5, 5.41) is 23.0. The standard InChI is InChI=1S/C57H111NO5/c1-3-5-7-9-11-13-15-16-17-18-21-24-27-31-35-39-43-47-51-57(62)63-52-48-44-40-36-32-28-25-22-19-20-23-26-30-34-38-42-46-50-56(61)58-54(53-59)55(60)49-45-41-37-33-29-14-12-10-8-6-4-2/h45,49,54-55,59-60H,3-44,46-48,50-53H2,1-2H3,(H,58,61)/b49-45+. The number of aliphatic hydroxyl groups excluding tert-OH is 2. The minimum atomic E-state index is -0.845. The molecular weight excluding hydrogens is 779 g/mol. The highest BCUT2D eigenvalue weighted by Gasteiger charge is 2.18. The van der Waals surface area contributed by atoms with Gasteiger partial charge in [-0.2, -0.15) is 0 Å². The van der Waals surface area contributed by atoms with Gasteiger partial charge in [0.25, 0.3) is 0 Å². The van der Waals surface area contributed by atoms with E-state index in [0.29, 0.717) is 19.4 Å². The zero-order valence-electron chi connectivity index (χ0n) is 42.6. The third kappa shape index (κ3) is 49.9. The molecule has 0 aliphatic heterocycles. The maximum atomic E-state index is 12.4. The molecule has 2 atom stereocenters. The number of nitrogens with one attached hydrogen (secondary N) is 1. The highest BCUT2D eigenvalue weighted by atomic mass is 16.5. The second kappa shape index (κ2) is 53.2. The van der Waals surface area contributed by atoms with E-state index in [4.69, 9.17) is 4.74 Å². The van der Waals surface area contributed by atoms with Crippen LogP contribution in [0.15, 0.2) is 12.2 Å². The van der Waals surface area contributed by atoms with Gasteiger partial charge in [0.15, 0.2) is 0 Å². The van der Waals surface area contributed by atoms with Gasteiger partial charge >= 0.3 is 5.97 Å². The molecule has 6 heteroatoms. The van der Waals surface area contributed by atoms with Gasteiger partial charge in [-0.25, -0.2) is 0 Å². The molecule has 0 saturated heterocycles. The lowest BCUT2D eigenvalue weighted by Crippen LogP contribution is -2.45. The Hall–Kier alpha value is -1.40. The molecule has 0 heterocycles. The molecule has 0 aromatic heterocycles. The molecule has 1 amide bonds. The summed E-state index contributed by atoms with van der Waals surface area (Å²) in [4.78, 5) is 24.5. The Morgan fingerprint density at radius 3 is 1.08 bits per heavy atom. The third-order valence-electron chi connectivity index (χ3n) is 13.3. The van der Waals surface area contributed by atoms with Crippen molar-refractivity contribution in [2.75, 3.05) is 13.2 Å². The second-order valence-corrected chi connectivity index (χ2v) is 19.6. The van der Waals surface area contributed by atoms with E-state index in [2.05, 4.69) is 19.2 Å². The topological polar surface area (TPSA) is 95.9 Å². The highest BCUT2D eigenvalue weighted by molar-refractivity contribution is 5.76. The average Bonchev–Trinajstić information content (AvgIpc) is 3.28. The van der Waals surface area contributed by atoms with Crippen molar-refractivity contribution in [1.29, 1.82) is 0 Å². The van der Waals surface area contributed by atoms with Crippen LogP contribution in [-0.2, 0) is 14.3 Å². The molecule has 0 rings (SSSR count). The Morgan fingerprint density at radius 2 is 0.730 bits per heavy atom. The first-order valence-corrected chi connectivity index (χ1v) is 28.5. The first-order valence-electron chi connectivity index (χ1n) is 28.5. The van der Waals surface area contributed by atoms with Gasteiger partial charge < -0.3 is 20.3 Å². The van der Waals surface area contributed by atoms with Crippen molar-refractivity contribution >= 4 is 11.9 Å². The van der Waals surface area contributed by atoms with Crippen LogP contribution in [-0.4, -0.2) is 47.4 Å². The van der Waals surface area contributed by atoms with E-state index in [0.717, 1.165) is 38.5 Å². The fourth-order valence-electron chi connectivity index (χ4n) is 8.93. The van der Waals surface area contributed by atoms with Crippen LogP contribution in [0.25, 0.3) is 0 Å². The fraction of sp³-hybridized carbons (Fsp3) is 0.930. The molecule has 6 nitrogen and oxygen atoms in total. The smallest absolute Gasteiger partial charge is 0.305 e. The first-order chi connectivity index (χ1) is 31.0. The minimum Gasteiger partial charge on any atom is -0.466 e. The highest BCUT2D eigenvalue weighted by Crippen LogP contribution is 2.17. The summed E-state index contributed by atoms with van der Waals surface area (Å²) >= 11 is 0. The number of amides is 1. The molecule has 0 fully saturated rings. The van der Waals surface area contributed by atoms with Crippen LogP contribution in [0.4, 0.5) is 0 Å². The van der Waals surface area contributed by atoms with Gasteiger partial charge in [0, 0.05) is 12.8 Å². The van der Waals surface area contributed by atoms with E-state index in [9.17, 15) is 19.8 Å². The predicted molar refractivity (Wildman–Crippen MR) is 273 cm³/mol. The molecule has 0 spiro atoms. The van der Waals surface area contributed by atoms with Crippen molar-refractivity contribution in [3.8, 4) is 0 Å². The number of allylic oxidation sites excluding steroid dienone is 1. The molecule has 0 radical (unpaired) electrons. The monoisotopic (exact) mass is 890 g/mol. The number of aliphatic hydroxyl groups is 2. The van der Waals surface area contributed by atoms with Crippen molar-refractivity contribution in [3.63, 3.8) is 0 Å². The Labute approximate surface area is 393 Å². The number of unbranched alkanes of at least 4 members (excludes halogenated alkanes) is 42. The Morgan fingerprint density at radius 1 is 0.429 bits per heavy atom. The van der Waals surface area contributed by atoms with Gasteiger partial charge in [-0.15, -0.1) is 0 Å². The summed E-state index contributed by atoms with van der Waals surface area (Å²) in [6, 6.07) is -0.629. The van der Waals surface area contributed by atoms with Crippen molar-refractivity contribution in [1.82, 2.24) is 5.32 Å². The predicted octanol–water partition coefficient (Wildman–Crippen LogP) is 17.3. The third-order valence-corrected chi connectivity index (χ3v) is 13.3. The molecule has 374 valence electrons. The molecule has 63 heavy (non-hydrogen) atoms. The first kappa shape index (κ1) is 61.6. The van der Waals surface area contributed by atoms with Crippen molar-refractivity contribution < 1.29 is 24.5 Å². The van der Waals surface area contributed by atoms with E-state index in [1.54, 1.807) is 6.08 Å². The quantitative estimate of drug-likeness (QED) is 0.0321. The molecule has 0 aliphatic rings. The molecular formula is C57H111NO5. The van der Waals surface area contributed by atoms with Crippen LogP contribution < -0.4 is 5.32 Å². The number of esters is 1. The van der Waals surface area contributed by atoms with Crippen LogP contribution in [0.1, 0.15) is 316 Å². The average molecular weight is 891 g/mol. The van der Waals surface area contributed by atoms with Crippen LogP contribution >= 0.6 is 0 Å². The molecule has 2 unspecified atom stereocenters. The fourth-order valence-corrected chi connectivity index (χ4v) is 8.93. The van der Waals surface area contributed by atoms with Crippen LogP contribution in [0, 0.1) is 0 Å². The van der Waals surface area contributed by atoms with Gasteiger partial charge in [0.2, 0.25) is 5.91 Å². The summed E-state index contributed by atoms with van der Waals surface area (Å²) in [6.45, 7) is 4.90. The second-order valence-electron chi connectivity index (χ2n) is 19.6. The molecule has 0 aliphatic carbocycles. The van der Waals surface area contributed by atoms with Gasteiger partial charge in [-0.05, 0) is 32.1 Å². The lowest BCUT2D eigenvalue weighted by molar-refractivity contribution is -0.143. The van der Waals surface area contributed by atoms with Crippen molar-refractivity contribution in [2.24, 2.45) is 0 Å². The molecule has 0 saturated carbocycles. The lowest BCUT2D eigenvalue weighted by Gasteiger charge is -2.20. The Balaban J connectivity index is 3.38. The van der Waals surface area contributed by atoms with Crippen molar-refractivity contribution in [2.45, 2.75) is 328 Å². The van der Waals surface area contributed by atoms with E-state index in [-0.39, 0.29) is 18.5 Å². The normalized spacial score (nSPS) is 12.6. The summed E-state index contributed by atoms with van der Waals surface area (Å²) < 4.78 is 5.49. The van der Waals surface area contributed by atoms with Gasteiger partial charge in [0.05, 0.1) is 25.4 Å². The van der Waals surface area contributed by atoms with Gasteiger partial charge in [-0.3, -0.25) is 9.59 Å². The van der Waals surface area contributed by atoms with E-state index >= 15 is 0 Å². The lowest BCUT2D eigenvalue weighted by atomic mass is 10.0. The number of hydrogen-bond acceptors (Lipinski definition) is 5. The van der Waals surface area contributed by atoms with Gasteiger partial charge in [0.1, 0.15) is 0 Å². The van der Waals surface area contributed by atoms with E-state index in [1.165, 1.54) is 250 Å². The molecule has 0 aromatic carbocycles. The largest absolute Gasteiger partial charge is 0.466 e. The maximum absolute atomic E-state index is 12.4. The molecule has 3 N–H and O–H groups in total. The van der Waals surface area contributed by atoms with Crippen LogP contribution in [0.3, 0.4) is 0 Å². The van der Waals surface area contributed by atoms with Gasteiger partial charge in [-0.1, -0.05) is 283 Å². The summed E-state index contributed by atoms with van der Waals surface area (Å²) in [6.07, 6.45) is 62.3. The minimum absolute atomic E-state index is 0.00901. The van der Waals surface area contributed by atoms with Crippen LogP contribution in [0.5, 0.6) is 0 Å². The van der Waals surface area contributed by atoms with E-state index < -0.39 is 12.1 Å². The van der Waals surface area contributed by atoms with Crippen LogP contribution in [0.2, 0.25) is 0 Å². The summed E-state index contributed by atoms with van der Waals surface area (Å²) in [5.41, 5.74) is 0. The maximum Gasteiger partial charge on any atom is 0.305 e. The number of ether oxygens (including phenoxy) is 1. The summed E-state index contributed by atoms with van der Waals surface area (Å²) in [5.74, 6) is -0.0643. The number of carbonyl (C=O) groups is 2. The SMILES string of the molecule is CCCCCCCCCCC/C=C/C(O)C(CO)NC(=O)CCCCCCCCCCCCCCCCCCCOC(=O)CCCCCCCCCCCCCCCCCCCC. The Bertz CT molecular complexity index is 939. The Kier molecular flexibility index (Phi) is 52.0. The number of rotatable bonds is 53. The summed E-state index contributed by atoms with van der Waals surface area (Å²) in [7, 11) is 0. The van der Waals surface area contributed by atoms with E-state index in [1.807, 2.05) is 6.08 Å². The zero-order chi connectivity index (χ0) is 45.8. The zero-order valence-corrected chi connectivity index (χ0v) is 42.6. The number of hydrogen-bond donors (Lipinski definition) is 3. The molecule has 0 bridgehead atoms. The van der Waals surface area contributed by atoms with Crippen molar-refractivity contribution in [3.05, 3.63) is 12.2 Å². The number of carbonyl (C=O) groups excluding carboxylic acids is 2. The molecule has 0 aromatic rings.